The van der Waals surface area contributed by atoms with Crippen LogP contribution in [0.4, 0.5) is 10.8 Å². The molecule has 1 aliphatic heterocycles. The van der Waals surface area contributed by atoms with Crippen molar-refractivity contribution in [3.8, 4) is 5.75 Å². The minimum atomic E-state index is -0.320. The van der Waals surface area contributed by atoms with Gasteiger partial charge in [0.15, 0.2) is 5.13 Å². The number of hydrogen-bond acceptors (Lipinski definition) is 7. The van der Waals surface area contributed by atoms with E-state index in [1.807, 2.05) is 54.6 Å². The summed E-state index contributed by atoms with van der Waals surface area (Å²) in [7, 11) is 1.59. The Bertz CT molecular complexity index is 1210. The molecule has 9 nitrogen and oxygen atoms in total. The van der Waals surface area contributed by atoms with E-state index in [1.54, 1.807) is 22.3 Å². The zero-order valence-electron chi connectivity index (χ0n) is 20.3. The van der Waals surface area contributed by atoms with Crippen molar-refractivity contribution in [2.45, 2.75) is 13.5 Å². The topological polar surface area (TPSA) is 95.1 Å². The Labute approximate surface area is 214 Å². The van der Waals surface area contributed by atoms with Crippen molar-refractivity contribution in [3.05, 3.63) is 71.2 Å². The van der Waals surface area contributed by atoms with Gasteiger partial charge in [-0.25, -0.2) is 4.98 Å². The molecule has 3 aromatic rings. The number of nitrogens with zero attached hydrogens (tertiary/aromatic N) is 4. The van der Waals surface area contributed by atoms with Crippen molar-refractivity contribution in [3.63, 3.8) is 0 Å². The SMILES string of the molecule is COc1ccccc1Nc1nc(C(=O)N(CC(=O)N2CCN(C(C)=O)CC2)Cc2ccccc2)cs1. The Kier molecular flexibility index (Phi) is 8.17. The van der Waals surface area contributed by atoms with Crippen LogP contribution in [0.3, 0.4) is 0 Å². The summed E-state index contributed by atoms with van der Waals surface area (Å²) in [5.41, 5.74) is 1.93. The highest BCUT2D eigenvalue weighted by atomic mass is 32.1. The van der Waals surface area contributed by atoms with E-state index in [0.29, 0.717) is 37.1 Å². The van der Waals surface area contributed by atoms with Crippen molar-refractivity contribution >= 4 is 39.9 Å². The average molecular weight is 508 g/mol. The second kappa shape index (κ2) is 11.7. The van der Waals surface area contributed by atoms with Crippen LogP contribution in [0.15, 0.2) is 60.0 Å². The van der Waals surface area contributed by atoms with Gasteiger partial charge < -0.3 is 24.8 Å². The first-order chi connectivity index (χ1) is 17.4. The van der Waals surface area contributed by atoms with Crippen molar-refractivity contribution in [2.75, 3.05) is 45.2 Å². The lowest BCUT2D eigenvalue weighted by Crippen LogP contribution is -2.52. The van der Waals surface area contributed by atoms with Crippen molar-refractivity contribution in [1.29, 1.82) is 0 Å². The molecule has 10 heteroatoms. The minimum Gasteiger partial charge on any atom is -0.495 e. The molecule has 0 aliphatic carbocycles. The minimum absolute atomic E-state index is 0.00375. The molecule has 4 rings (SSSR count). The number of para-hydroxylation sites is 2. The first-order valence-corrected chi connectivity index (χ1v) is 12.5. The summed E-state index contributed by atoms with van der Waals surface area (Å²) in [5.74, 6) is 0.204. The summed E-state index contributed by atoms with van der Waals surface area (Å²) < 4.78 is 5.37. The maximum absolute atomic E-state index is 13.5. The maximum atomic E-state index is 13.5. The summed E-state index contributed by atoms with van der Waals surface area (Å²) >= 11 is 1.31. The number of rotatable bonds is 8. The zero-order chi connectivity index (χ0) is 25.5. The smallest absolute Gasteiger partial charge is 0.274 e. The first kappa shape index (κ1) is 25.2. The summed E-state index contributed by atoms with van der Waals surface area (Å²) in [6.07, 6.45) is 0. The number of aromatic nitrogens is 1. The van der Waals surface area contributed by atoms with Crippen LogP contribution in [0.5, 0.6) is 5.75 Å². The molecule has 0 saturated carbocycles. The largest absolute Gasteiger partial charge is 0.495 e. The first-order valence-electron chi connectivity index (χ1n) is 11.7. The van der Waals surface area contributed by atoms with E-state index in [2.05, 4.69) is 10.3 Å². The van der Waals surface area contributed by atoms with Crippen LogP contribution in [0.2, 0.25) is 0 Å². The fourth-order valence-electron chi connectivity index (χ4n) is 3.99. The molecule has 3 amide bonds. The van der Waals surface area contributed by atoms with Crippen molar-refractivity contribution in [1.82, 2.24) is 19.7 Å². The third-order valence-corrected chi connectivity index (χ3v) is 6.74. The van der Waals surface area contributed by atoms with Crippen LogP contribution in [0, 0.1) is 0 Å². The fraction of sp³-hybridized carbons (Fsp3) is 0.308. The summed E-state index contributed by atoms with van der Waals surface area (Å²) in [5, 5.41) is 5.44. The number of thiazole rings is 1. The molecule has 1 N–H and O–H groups in total. The molecule has 0 spiro atoms. The molecule has 0 bridgehead atoms. The maximum Gasteiger partial charge on any atom is 0.274 e. The lowest BCUT2D eigenvalue weighted by atomic mass is 10.2. The Hall–Kier alpha value is -3.92. The molecule has 1 aliphatic rings. The van der Waals surface area contributed by atoms with Crippen LogP contribution in [-0.4, -0.2) is 77.2 Å². The molecule has 2 aromatic carbocycles. The van der Waals surface area contributed by atoms with E-state index >= 15 is 0 Å². The predicted molar refractivity (Wildman–Crippen MR) is 138 cm³/mol. The van der Waals surface area contributed by atoms with Crippen molar-refractivity contribution in [2.24, 2.45) is 0 Å². The number of amides is 3. The lowest BCUT2D eigenvalue weighted by Gasteiger charge is -2.35. The number of carbonyl (C=O) groups is 3. The van der Waals surface area contributed by atoms with E-state index < -0.39 is 0 Å². The Balaban J connectivity index is 1.48. The van der Waals surface area contributed by atoms with Crippen molar-refractivity contribution < 1.29 is 19.1 Å². The molecular formula is C26H29N5O4S. The van der Waals surface area contributed by atoms with Crippen LogP contribution >= 0.6 is 11.3 Å². The van der Waals surface area contributed by atoms with E-state index in [4.69, 9.17) is 4.74 Å². The normalized spacial score (nSPS) is 13.3. The molecule has 1 saturated heterocycles. The van der Waals surface area contributed by atoms with Gasteiger partial charge in [-0.15, -0.1) is 11.3 Å². The quantitative estimate of drug-likeness (QED) is 0.503. The van der Waals surface area contributed by atoms with Gasteiger partial charge in [-0.3, -0.25) is 14.4 Å². The number of benzene rings is 2. The summed E-state index contributed by atoms with van der Waals surface area (Å²) in [6.45, 7) is 3.65. The molecule has 0 unspecified atom stereocenters. The highest BCUT2D eigenvalue weighted by Crippen LogP contribution is 2.29. The predicted octanol–water partition coefficient (Wildman–Crippen LogP) is 3.23. The Morgan fingerprint density at radius 1 is 1.00 bits per heavy atom. The third kappa shape index (κ3) is 6.19. The number of anilines is 2. The molecule has 36 heavy (non-hydrogen) atoms. The van der Waals surface area contributed by atoms with E-state index in [1.165, 1.54) is 23.2 Å². The molecule has 0 radical (unpaired) electrons. The van der Waals surface area contributed by atoms with Gasteiger partial charge >= 0.3 is 0 Å². The fourth-order valence-corrected chi connectivity index (χ4v) is 4.69. The number of nitrogens with one attached hydrogen (secondary N) is 1. The third-order valence-electron chi connectivity index (χ3n) is 5.98. The van der Waals surface area contributed by atoms with Gasteiger partial charge in [0, 0.05) is 45.0 Å². The van der Waals surface area contributed by atoms with E-state index in [-0.39, 0.29) is 36.5 Å². The standard InChI is InChI=1S/C26H29N5O4S/c1-19(32)29-12-14-30(15-13-29)24(33)17-31(16-20-8-4-3-5-9-20)25(34)22-18-36-26(28-22)27-21-10-6-7-11-23(21)35-2/h3-11,18H,12-17H2,1-2H3,(H,27,28). The monoisotopic (exact) mass is 507 g/mol. The Morgan fingerprint density at radius 2 is 1.67 bits per heavy atom. The van der Waals surface area contributed by atoms with Gasteiger partial charge in [0.05, 0.1) is 12.8 Å². The number of piperazine rings is 1. The van der Waals surface area contributed by atoms with E-state index in [9.17, 15) is 14.4 Å². The second-order valence-electron chi connectivity index (χ2n) is 8.40. The highest BCUT2D eigenvalue weighted by molar-refractivity contribution is 7.14. The van der Waals surface area contributed by atoms with Gasteiger partial charge in [-0.1, -0.05) is 42.5 Å². The number of carbonyl (C=O) groups excluding carboxylic acids is 3. The van der Waals surface area contributed by atoms with E-state index in [0.717, 1.165) is 11.3 Å². The van der Waals surface area contributed by atoms with Gasteiger partial charge in [-0.2, -0.15) is 0 Å². The summed E-state index contributed by atoms with van der Waals surface area (Å²) in [4.78, 5) is 47.7. The molecule has 0 atom stereocenters. The average Bonchev–Trinajstić information content (AvgIpc) is 3.37. The summed E-state index contributed by atoms with van der Waals surface area (Å²) in [6, 6.07) is 17.0. The highest BCUT2D eigenvalue weighted by Gasteiger charge is 2.27. The van der Waals surface area contributed by atoms with Gasteiger partial charge in [-0.05, 0) is 17.7 Å². The number of ether oxygens (including phenoxy) is 1. The van der Waals surface area contributed by atoms with Crippen LogP contribution in [-0.2, 0) is 16.1 Å². The van der Waals surface area contributed by atoms with Crippen LogP contribution in [0.1, 0.15) is 23.0 Å². The van der Waals surface area contributed by atoms with Gasteiger partial charge in [0.2, 0.25) is 11.8 Å². The lowest BCUT2D eigenvalue weighted by molar-refractivity contribution is -0.138. The molecule has 1 fully saturated rings. The number of hydrogen-bond donors (Lipinski definition) is 1. The Morgan fingerprint density at radius 3 is 2.36 bits per heavy atom. The molecule has 2 heterocycles. The van der Waals surface area contributed by atoms with Crippen LogP contribution < -0.4 is 10.1 Å². The molecule has 1 aromatic heterocycles. The zero-order valence-corrected chi connectivity index (χ0v) is 21.2. The second-order valence-corrected chi connectivity index (χ2v) is 9.25. The number of methoxy groups -OCH3 is 1. The molecular weight excluding hydrogens is 478 g/mol. The van der Waals surface area contributed by atoms with Gasteiger partial charge in [0.1, 0.15) is 18.0 Å². The van der Waals surface area contributed by atoms with Gasteiger partial charge in [0.25, 0.3) is 5.91 Å². The van der Waals surface area contributed by atoms with Crippen LogP contribution in [0.25, 0.3) is 0 Å². The molecule has 188 valence electrons.